The van der Waals surface area contributed by atoms with Gasteiger partial charge in [-0.15, -0.1) is 0 Å². The van der Waals surface area contributed by atoms with Crippen LogP contribution in [0.15, 0.2) is 30.3 Å². The summed E-state index contributed by atoms with van der Waals surface area (Å²) in [7, 11) is 0. The zero-order valence-corrected chi connectivity index (χ0v) is 31.4. The molecular weight excluding hydrogens is 610 g/mol. The van der Waals surface area contributed by atoms with Crippen LogP contribution in [-0.4, -0.2) is 65.9 Å². The molecule has 0 radical (unpaired) electrons. The van der Waals surface area contributed by atoms with E-state index in [1.165, 1.54) is 56.1 Å². The van der Waals surface area contributed by atoms with Crippen LogP contribution in [0, 0.1) is 45.3 Å². The van der Waals surface area contributed by atoms with E-state index in [-0.39, 0.29) is 38.8 Å². The predicted octanol–water partition coefficient (Wildman–Crippen LogP) is 8.40. The van der Waals surface area contributed by atoms with Gasteiger partial charge in [0, 0.05) is 30.7 Å². The number of morpholine rings is 1. The number of rotatable bonds is 6. The molecule has 1 saturated heterocycles. The van der Waals surface area contributed by atoms with Gasteiger partial charge in [0.25, 0.3) is 0 Å². The molecule has 1 aromatic rings. The van der Waals surface area contributed by atoms with Crippen molar-refractivity contribution < 1.29 is 19.4 Å². The lowest BCUT2D eigenvalue weighted by Gasteiger charge is -2.72. The van der Waals surface area contributed by atoms with Crippen LogP contribution in [0.4, 0.5) is 4.79 Å². The molecule has 1 aliphatic heterocycles. The van der Waals surface area contributed by atoms with Crippen LogP contribution >= 0.6 is 0 Å². The van der Waals surface area contributed by atoms with Crippen molar-refractivity contribution in [2.75, 3.05) is 32.8 Å². The lowest BCUT2D eigenvalue weighted by Crippen LogP contribution is -2.68. The quantitative estimate of drug-likeness (QED) is 0.282. The van der Waals surface area contributed by atoms with Gasteiger partial charge in [0.2, 0.25) is 0 Å². The molecule has 5 aliphatic carbocycles. The standard InChI is InChI=1S/C42H63N3O4/c1-37(2,45-23-25-49-26-24-45)27-43-36(48)44-42-18-8-9-32(42)31-14-15-34-39(5)19-16-30(28-10-12-29(13-11-28)35(46)47)38(3,4)33(39)17-20-41(34,7)40(31,6)21-22-42/h10-13,16,31-34H,8-9,14-15,17-27H2,1-7H3,(H,46,47)(H2,43,44,48)/t31?,32?,33?,34?,39?,40-,41?,42?/m1/s1. The number of urea groups is 1. The van der Waals surface area contributed by atoms with Crippen molar-refractivity contribution in [2.24, 2.45) is 45.3 Å². The Morgan fingerprint density at radius 2 is 1.59 bits per heavy atom. The number of fused-ring (bicyclic) bond motifs is 7. The Balaban J connectivity index is 1.09. The van der Waals surface area contributed by atoms with E-state index in [9.17, 15) is 14.7 Å². The number of carboxylic acids is 1. The fraction of sp³-hybridized carbons (Fsp3) is 0.762. The zero-order chi connectivity index (χ0) is 35.0. The molecule has 49 heavy (non-hydrogen) atoms. The van der Waals surface area contributed by atoms with E-state index < -0.39 is 5.97 Å². The Kier molecular flexibility index (Phi) is 8.66. The van der Waals surface area contributed by atoms with Crippen LogP contribution in [-0.2, 0) is 4.74 Å². The minimum atomic E-state index is -0.869. The van der Waals surface area contributed by atoms with Gasteiger partial charge in [-0.3, -0.25) is 4.90 Å². The summed E-state index contributed by atoms with van der Waals surface area (Å²) in [5.41, 5.74) is 3.50. The fourth-order valence-corrected chi connectivity index (χ4v) is 13.5. The van der Waals surface area contributed by atoms with Crippen molar-refractivity contribution in [1.29, 1.82) is 0 Å². The first-order valence-electron chi connectivity index (χ1n) is 19.5. The minimum Gasteiger partial charge on any atom is -0.478 e. The number of nitrogens with one attached hydrogen (secondary N) is 2. The number of benzene rings is 1. The van der Waals surface area contributed by atoms with Gasteiger partial charge in [0.15, 0.2) is 0 Å². The summed E-state index contributed by atoms with van der Waals surface area (Å²) in [4.78, 5) is 27.6. The third kappa shape index (κ3) is 5.41. The largest absolute Gasteiger partial charge is 0.478 e. The first kappa shape index (κ1) is 35.0. The van der Waals surface area contributed by atoms with Gasteiger partial charge in [-0.1, -0.05) is 59.2 Å². The maximum Gasteiger partial charge on any atom is 0.335 e. The van der Waals surface area contributed by atoms with Crippen LogP contribution in [0.1, 0.15) is 129 Å². The number of allylic oxidation sites excluding steroid dienone is 2. The monoisotopic (exact) mass is 673 g/mol. The number of carboxylic acid groups (broad SMARTS) is 1. The number of carbonyl (C=O) groups is 2. The summed E-state index contributed by atoms with van der Waals surface area (Å²) >= 11 is 0. The molecule has 4 saturated carbocycles. The summed E-state index contributed by atoms with van der Waals surface area (Å²) in [5.74, 6) is 1.57. The second kappa shape index (κ2) is 12.1. The number of aromatic carboxylic acids is 1. The molecule has 0 aromatic heterocycles. The van der Waals surface area contributed by atoms with Crippen molar-refractivity contribution in [3.8, 4) is 0 Å². The van der Waals surface area contributed by atoms with Crippen LogP contribution < -0.4 is 10.6 Å². The predicted molar refractivity (Wildman–Crippen MR) is 195 cm³/mol. The van der Waals surface area contributed by atoms with Crippen molar-refractivity contribution >= 4 is 17.6 Å². The molecule has 270 valence electrons. The van der Waals surface area contributed by atoms with Crippen molar-refractivity contribution in [2.45, 2.75) is 124 Å². The molecule has 6 aliphatic rings. The van der Waals surface area contributed by atoms with E-state index in [2.05, 4.69) is 70.1 Å². The maximum absolute atomic E-state index is 13.6. The smallest absolute Gasteiger partial charge is 0.335 e. The summed E-state index contributed by atoms with van der Waals surface area (Å²) in [6.45, 7) is 21.3. The molecule has 7 heteroatoms. The Labute approximate surface area is 295 Å². The first-order valence-corrected chi connectivity index (χ1v) is 19.5. The Morgan fingerprint density at radius 3 is 2.29 bits per heavy atom. The number of ether oxygens (including phenoxy) is 1. The van der Waals surface area contributed by atoms with E-state index >= 15 is 0 Å². The van der Waals surface area contributed by atoms with Crippen LogP contribution in [0.25, 0.3) is 5.57 Å². The molecule has 5 fully saturated rings. The highest BCUT2D eigenvalue weighted by atomic mass is 16.5. The number of carbonyl (C=O) groups excluding carboxylic acids is 1. The zero-order valence-electron chi connectivity index (χ0n) is 31.4. The molecule has 0 bridgehead atoms. The van der Waals surface area contributed by atoms with E-state index in [1.807, 2.05) is 12.1 Å². The molecule has 3 N–H and O–H groups in total. The maximum atomic E-state index is 13.6. The van der Waals surface area contributed by atoms with E-state index in [1.54, 1.807) is 12.1 Å². The number of amides is 2. The Hall–Kier alpha value is -2.38. The molecule has 8 atom stereocenters. The average molecular weight is 674 g/mol. The van der Waals surface area contributed by atoms with Gasteiger partial charge in [-0.25, -0.2) is 9.59 Å². The molecular formula is C42H63N3O4. The van der Waals surface area contributed by atoms with Crippen LogP contribution in [0.3, 0.4) is 0 Å². The lowest BCUT2D eigenvalue weighted by atomic mass is 9.33. The second-order valence-electron chi connectivity index (χ2n) is 19.0. The summed E-state index contributed by atoms with van der Waals surface area (Å²) in [5, 5.41) is 16.4. The van der Waals surface area contributed by atoms with E-state index in [4.69, 9.17) is 4.74 Å². The van der Waals surface area contributed by atoms with Gasteiger partial charge >= 0.3 is 12.0 Å². The number of hydrogen-bond acceptors (Lipinski definition) is 4. The van der Waals surface area contributed by atoms with Gasteiger partial charge < -0.3 is 20.5 Å². The number of nitrogens with zero attached hydrogens (tertiary/aromatic N) is 1. The molecule has 7 unspecified atom stereocenters. The molecule has 2 amide bonds. The van der Waals surface area contributed by atoms with Gasteiger partial charge in [-0.05, 0) is 140 Å². The van der Waals surface area contributed by atoms with Gasteiger partial charge in [-0.2, -0.15) is 0 Å². The second-order valence-corrected chi connectivity index (χ2v) is 19.0. The topological polar surface area (TPSA) is 90.9 Å². The third-order valence-electron chi connectivity index (χ3n) is 16.3. The summed E-state index contributed by atoms with van der Waals surface area (Å²) < 4.78 is 5.57. The van der Waals surface area contributed by atoms with Gasteiger partial charge in [0.1, 0.15) is 0 Å². The average Bonchev–Trinajstić information content (AvgIpc) is 3.48. The van der Waals surface area contributed by atoms with Crippen molar-refractivity contribution in [1.82, 2.24) is 15.5 Å². The highest BCUT2D eigenvalue weighted by molar-refractivity contribution is 5.88. The number of hydrogen-bond donors (Lipinski definition) is 3. The SMILES string of the molecule is CC1(C)C(c2ccc(C(=O)O)cc2)=CCC2(C)C1CCC1(C)C2CCC2C3CCCC3(NC(=O)NCC(C)(C)N3CCOCC3)CC[C@]21C. The summed E-state index contributed by atoms with van der Waals surface area (Å²) in [6, 6.07) is 7.59. The fourth-order valence-electron chi connectivity index (χ4n) is 13.5. The molecule has 7 rings (SSSR count). The molecule has 7 nitrogen and oxygen atoms in total. The molecule has 0 spiro atoms. The lowest BCUT2D eigenvalue weighted by molar-refractivity contribution is -0.216. The highest BCUT2D eigenvalue weighted by Gasteiger charge is 2.69. The van der Waals surface area contributed by atoms with Crippen LogP contribution in [0.2, 0.25) is 0 Å². The Bertz CT molecular complexity index is 1480. The van der Waals surface area contributed by atoms with E-state index in [0.29, 0.717) is 35.8 Å². The first-order chi connectivity index (χ1) is 23.1. The van der Waals surface area contributed by atoms with E-state index in [0.717, 1.165) is 45.6 Å². The molecule has 1 aromatic carbocycles. The summed E-state index contributed by atoms with van der Waals surface area (Å²) in [6.07, 6.45) is 14.5. The minimum absolute atomic E-state index is 0.0115. The van der Waals surface area contributed by atoms with Crippen LogP contribution in [0.5, 0.6) is 0 Å². The van der Waals surface area contributed by atoms with Crippen molar-refractivity contribution in [3.05, 3.63) is 41.5 Å². The Morgan fingerprint density at radius 1 is 0.878 bits per heavy atom. The normalized spacial score (nSPS) is 40.2. The third-order valence-corrected chi connectivity index (χ3v) is 16.3. The van der Waals surface area contributed by atoms with Crippen molar-refractivity contribution in [3.63, 3.8) is 0 Å². The molecule has 1 heterocycles. The highest BCUT2D eigenvalue weighted by Crippen LogP contribution is 2.76. The van der Waals surface area contributed by atoms with Gasteiger partial charge in [0.05, 0.1) is 18.8 Å².